The fourth-order valence-corrected chi connectivity index (χ4v) is 2.92. The molecule has 1 atom stereocenters. The highest BCUT2D eigenvalue weighted by Crippen LogP contribution is 2.29. The van der Waals surface area contributed by atoms with Crippen LogP contribution in [0.5, 0.6) is 0 Å². The van der Waals surface area contributed by atoms with E-state index in [0.29, 0.717) is 11.6 Å². The van der Waals surface area contributed by atoms with Gasteiger partial charge in [0.05, 0.1) is 11.3 Å². The molecule has 1 unspecified atom stereocenters. The van der Waals surface area contributed by atoms with Crippen molar-refractivity contribution >= 4 is 27.6 Å². The molecule has 0 amide bonds. The summed E-state index contributed by atoms with van der Waals surface area (Å²) in [5.74, 6) is -0.859. The Kier molecular flexibility index (Phi) is 4.27. The van der Waals surface area contributed by atoms with Crippen molar-refractivity contribution in [1.82, 2.24) is 0 Å². The van der Waals surface area contributed by atoms with Crippen LogP contribution in [0, 0.1) is 0 Å². The van der Waals surface area contributed by atoms with Crippen LogP contribution in [0.3, 0.4) is 0 Å². The summed E-state index contributed by atoms with van der Waals surface area (Å²) in [5.41, 5.74) is 1.23. The molecule has 4 heteroatoms. The molecule has 1 aliphatic rings. The molecular formula is C14H18BrNO2. The van der Waals surface area contributed by atoms with Crippen molar-refractivity contribution in [2.45, 2.75) is 38.6 Å². The zero-order valence-corrected chi connectivity index (χ0v) is 12.1. The Hall–Kier alpha value is -1.03. The first-order valence-electron chi connectivity index (χ1n) is 6.39. The standard InChI is InChI=1S/C14H18BrNO2/c1-10-5-3-2-4-8-16(10)13-7-6-11(15)9-12(13)14(17)18/h6-7,9-10H,2-5,8H2,1H3,(H,17,18). The molecule has 1 aromatic rings. The number of rotatable bonds is 2. The first-order chi connectivity index (χ1) is 8.59. The number of hydrogen-bond donors (Lipinski definition) is 1. The molecule has 0 aliphatic carbocycles. The number of nitrogens with zero attached hydrogens (tertiary/aromatic N) is 1. The Morgan fingerprint density at radius 2 is 2.17 bits per heavy atom. The highest BCUT2D eigenvalue weighted by atomic mass is 79.9. The van der Waals surface area contributed by atoms with Gasteiger partial charge in [0.25, 0.3) is 0 Å². The smallest absolute Gasteiger partial charge is 0.337 e. The minimum atomic E-state index is -0.859. The van der Waals surface area contributed by atoms with Gasteiger partial charge in [-0.25, -0.2) is 4.79 Å². The summed E-state index contributed by atoms with van der Waals surface area (Å²) in [5, 5.41) is 9.33. The molecule has 1 aliphatic heterocycles. The van der Waals surface area contributed by atoms with Crippen LogP contribution in [-0.4, -0.2) is 23.7 Å². The Morgan fingerprint density at radius 1 is 1.39 bits per heavy atom. The molecule has 1 heterocycles. The van der Waals surface area contributed by atoms with Gasteiger partial charge in [0.1, 0.15) is 0 Å². The number of halogens is 1. The quantitative estimate of drug-likeness (QED) is 0.900. The first-order valence-corrected chi connectivity index (χ1v) is 7.18. The van der Waals surface area contributed by atoms with E-state index in [0.717, 1.165) is 29.5 Å². The molecule has 1 N–H and O–H groups in total. The second-order valence-corrected chi connectivity index (χ2v) is 5.77. The summed E-state index contributed by atoms with van der Waals surface area (Å²) < 4.78 is 0.811. The van der Waals surface area contributed by atoms with Gasteiger partial charge in [-0.3, -0.25) is 0 Å². The van der Waals surface area contributed by atoms with Gasteiger partial charge >= 0.3 is 5.97 Å². The Morgan fingerprint density at radius 3 is 2.89 bits per heavy atom. The zero-order valence-electron chi connectivity index (χ0n) is 10.5. The highest BCUT2D eigenvalue weighted by Gasteiger charge is 2.22. The molecule has 0 radical (unpaired) electrons. The van der Waals surface area contributed by atoms with Crippen molar-refractivity contribution < 1.29 is 9.90 Å². The third kappa shape index (κ3) is 2.86. The van der Waals surface area contributed by atoms with Gasteiger partial charge in [-0.2, -0.15) is 0 Å². The van der Waals surface area contributed by atoms with Crippen molar-refractivity contribution in [3.8, 4) is 0 Å². The van der Waals surface area contributed by atoms with Gasteiger partial charge in [0.15, 0.2) is 0 Å². The van der Waals surface area contributed by atoms with Gasteiger partial charge < -0.3 is 10.0 Å². The van der Waals surface area contributed by atoms with E-state index < -0.39 is 5.97 Å². The molecule has 0 aromatic heterocycles. The lowest BCUT2D eigenvalue weighted by atomic mass is 10.1. The van der Waals surface area contributed by atoms with E-state index in [1.165, 1.54) is 12.8 Å². The van der Waals surface area contributed by atoms with Crippen LogP contribution >= 0.6 is 15.9 Å². The van der Waals surface area contributed by atoms with Crippen molar-refractivity contribution in [2.24, 2.45) is 0 Å². The summed E-state index contributed by atoms with van der Waals surface area (Å²) in [4.78, 5) is 13.6. The van der Waals surface area contributed by atoms with E-state index in [1.54, 1.807) is 6.07 Å². The number of hydrogen-bond acceptors (Lipinski definition) is 2. The number of carbonyl (C=O) groups is 1. The predicted molar refractivity (Wildman–Crippen MR) is 76.4 cm³/mol. The van der Waals surface area contributed by atoms with Crippen LogP contribution in [0.25, 0.3) is 0 Å². The topological polar surface area (TPSA) is 40.5 Å². The van der Waals surface area contributed by atoms with E-state index in [-0.39, 0.29) is 0 Å². The van der Waals surface area contributed by atoms with Crippen LogP contribution in [0.15, 0.2) is 22.7 Å². The summed E-state index contributed by atoms with van der Waals surface area (Å²) >= 11 is 3.34. The van der Waals surface area contributed by atoms with Crippen LogP contribution < -0.4 is 4.90 Å². The predicted octanol–water partition coefficient (Wildman–Crippen LogP) is 3.92. The number of benzene rings is 1. The summed E-state index contributed by atoms with van der Waals surface area (Å²) in [6, 6.07) is 5.93. The lowest BCUT2D eigenvalue weighted by molar-refractivity contribution is 0.0697. The van der Waals surface area contributed by atoms with Crippen LogP contribution in [-0.2, 0) is 0 Å². The van der Waals surface area contributed by atoms with Crippen LogP contribution in [0.2, 0.25) is 0 Å². The molecule has 1 fully saturated rings. The normalized spacial score (nSPS) is 20.6. The third-order valence-corrected chi connectivity index (χ3v) is 4.04. The molecule has 0 bridgehead atoms. The molecule has 1 saturated heterocycles. The van der Waals surface area contributed by atoms with Crippen molar-refractivity contribution in [3.05, 3.63) is 28.2 Å². The molecule has 98 valence electrons. The fraction of sp³-hybridized carbons (Fsp3) is 0.500. The number of anilines is 1. The number of carboxylic acids is 1. The van der Waals surface area contributed by atoms with E-state index >= 15 is 0 Å². The monoisotopic (exact) mass is 311 g/mol. The molecule has 0 saturated carbocycles. The van der Waals surface area contributed by atoms with Gasteiger partial charge in [0, 0.05) is 17.1 Å². The van der Waals surface area contributed by atoms with Crippen LogP contribution in [0.1, 0.15) is 43.0 Å². The second-order valence-electron chi connectivity index (χ2n) is 4.86. The van der Waals surface area contributed by atoms with Gasteiger partial charge in [0.2, 0.25) is 0 Å². The van der Waals surface area contributed by atoms with Gasteiger partial charge in [-0.15, -0.1) is 0 Å². The van der Waals surface area contributed by atoms with E-state index in [1.807, 2.05) is 12.1 Å². The van der Waals surface area contributed by atoms with E-state index in [9.17, 15) is 9.90 Å². The number of carboxylic acid groups (broad SMARTS) is 1. The lowest BCUT2D eigenvalue weighted by Gasteiger charge is -2.30. The minimum Gasteiger partial charge on any atom is -0.478 e. The van der Waals surface area contributed by atoms with Crippen molar-refractivity contribution in [1.29, 1.82) is 0 Å². The Bertz CT molecular complexity index is 447. The maximum Gasteiger partial charge on any atom is 0.337 e. The SMILES string of the molecule is CC1CCCCCN1c1ccc(Br)cc1C(=O)O. The second kappa shape index (κ2) is 5.74. The van der Waals surface area contributed by atoms with Crippen molar-refractivity contribution in [2.75, 3.05) is 11.4 Å². The summed E-state index contributed by atoms with van der Waals surface area (Å²) in [7, 11) is 0. The minimum absolute atomic E-state index is 0.387. The summed E-state index contributed by atoms with van der Waals surface area (Å²) in [6.07, 6.45) is 4.74. The fourth-order valence-electron chi connectivity index (χ4n) is 2.56. The molecule has 0 spiro atoms. The molecule has 3 nitrogen and oxygen atoms in total. The highest BCUT2D eigenvalue weighted by molar-refractivity contribution is 9.10. The molecular weight excluding hydrogens is 294 g/mol. The average molecular weight is 312 g/mol. The Labute approximate surface area is 116 Å². The van der Waals surface area contributed by atoms with Gasteiger partial charge in [-0.1, -0.05) is 28.8 Å². The first kappa shape index (κ1) is 13.4. The molecule has 1 aromatic carbocycles. The van der Waals surface area contributed by atoms with Crippen molar-refractivity contribution in [3.63, 3.8) is 0 Å². The number of aromatic carboxylic acids is 1. The average Bonchev–Trinajstić information content (AvgIpc) is 2.54. The third-order valence-electron chi connectivity index (χ3n) is 3.55. The lowest BCUT2D eigenvalue weighted by Crippen LogP contribution is -2.33. The molecule has 2 rings (SSSR count). The largest absolute Gasteiger partial charge is 0.478 e. The van der Waals surface area contributed by atoms with E-state index in [4.69, 9.17) is 0 Å². The summed E-state index contributed by atoms with van der Waals surface area (Å²) in [6.45, 7) is 3.13. The van der Waals surface area contributed by atoms with Crippen LogP contribution in [0.4, 0.5) is 5.69 Å². The zero-order chi connectivity index (χ0) is 13.1. The van der Waals surface area contributed by atoms with Gasteiger partial charge in [-0.05, 0) is 38.0 Å². The Balaban J connectivity index is 2.39. The maximum atomic E-state index is 11.4. The molecule has 18 heavy (non-hydrogen) atoms. The maximum absolute atomic E-state index is 11.4. The van der Waals surface area contributed by atoms with E-state index in [2.05, 4.69) is 27.8 Å².